The third-order valence-electron chi connectivity index (χ3n) is 7.50. The third kappa shape index (κ3) is 5.11. The molecule has 6 rings (SSSR count). The number of carbonyl (C=O) groups is 2. The summed E-state index contributed by atoms with van der Waals surface area (Å²) < 4.78 is 20.0. The minimum atomic E-state index is -0.657. The maximum atomic E-state index is 13.5. The summed E-state index contributed by atoms with van der Waals surface area (Å²) >= 11 is 0. The number of para-hydroxylation sites is 1. The Morgan fingerprint density at radius 3 is 2.33 bits per heavy atom. The van der Waals surface area contributed by atoms with Crippen molar-refractivity contribution in [2.45, 2.75) is 25.0 Å². The smallest absolute Gasteiger partial charge is 0.333 e. The number of esters is 1. The molecular formula is C29H30FN2O4+. The van der Waals surface area contributed by atoms with Crippen LogP contribution in [0.3, 0.4) is 0 Å². The second kappa shape index (κ2) is 10.1. The lowest BCUT2D eigenvalue weighted by Gasteiger charge is -2.51. The molecule has 3 aliphatic heterocycles. The summed E-state index contributed by atoms with van der Waals surface area (Å²) in [5.74, 6) is -1.24. The molecule has 7 heteroatoms. The molecule has 0 aromatic heterocycles. The molecule has 0 saturated carbocycles. The maximum Gasteiger partial charge on any atom is 0.333 e. The Hall–Kier alpha value is -3.71. The van der Waals surface area contributed by atoms with E-state index in [9.17, 15) is 19.1 Å². The summed E-state index contributed by atoms with van der Waals surface area (Å²) in [4.78, 5) is 26.5. The third-order valence-corrected chi connectivity index (χ3v) is 7.50. The lowest BCUT2D eigenvalue weighted by atomic mass is 9.82. The number of aromatic hydroxyl groups is 1. The molecule has 3 saturated heterocycles. The number of rotatable bonds is 8. The molecule has 3 fully saturated rings. The van der Waals surface area contributed by atoms with Gasteiger partial charge < -0.3 is 19.6 Å². The van der Waals surface area contributed by atoms with Crippen LogP contribution in [0.4, 0.5) is 10.1 Å². The molecule has 3 heterocycles. The zero-order chi connectivity index (χ0) is 25.1. The number of nitrogens with zero attached hydrogens (tertiary/aromatic N) is 1. The van der Waals surface area contributed by atoms with Gasteiger partial charge in [0.15, 0.2) is 12.1 Å². The van der Waals surface area contributed by atoms with Crippen molar-refractivity contribution in [2.24, 2.45) is 5.92 Å². The molecule has 0 amide bonds. The molecule has 2 atom stereocenters. The molecule has 3 aromatic rings. The molecule has 6 nitrogen and oxygen atoms in total. The van der Waals surface area contributed by atoms with Gasteiger partial charge in [-0.1, -0.05) is 48.5 Å². The number of nitrogens with one attached hydrogen (secondary N) is 1. The Balaban J connectivity index is 1.31. The number of fused-ring (bicyclic) bond motifs is 3. The first kappa shape index (κ1) is 24.0. The van der Waals surface area contributed by atoms with E-state index in [4.69, 9.17) is 4.74 Å². The molecule has 3 aromatic carbocycles. The van der Waals surface area contributed by atoms with Crippen molar-refractivity contribution in [3.05, 3.63) is 95.8 Å². The standard InChI is InChI=1S/C29H29FN2O4/c30-22-11-12-24(25(33)17-22)26(34)18-32-15-13-20(14-16-32)27(19-32)36-29(35)28(21-7-3-1-4-8-21)31-23-9-5-2-6-10-23/h1-12,17,20,27-28,31H,13-16,18-19H2/p+1/t20?,27-,28?,32?/m0/s1. The Morgan fingerprint density at radius 1 is 1.00 bits per heavy atom. The van der Waals surface area contributed by atoms with Crippen LogP contribution in [0.5, 0.6) is 5.75 Å². The zero-order valence-corrected chi connectivity index (χ0v) is 20.0. The summed E-state index contributed by atoms with van der Waals surface area (Å²) in [5.41, 5.74) is 1.77. The number of benzene rings is 3. The lowest BCUT2D eigenvalue weighted by molar-refractivity contribution is -0.938. The van der Waals surface area contributed by atoms with Crippen molar-refractivity contribution in [1.82, 2.24) is 0 Å². The number of hydrogen-bond acceptors (Lipinski definition) is 5. The molecule has 0 aliphatic carbocycles. The van der Waals surface area contributed by atoms with Crippen molar-refractivity contribution in [2.75, 3.05) is 31.5 Å². The van der Waals surface area contributed by atoms with Crippen LogP contribution in [-0.4, -0.2) is 53.6 Å². The highest BCUT2D eigenvalue weighted by molar-refractivity contribution is 5.99. The summed E-state index contributed by atoms with van der Waals surface area (Å²) in [6.45, 7) is 2.37. The van der Waals surface area contributed by atoms with Crippen LogP contribution in [0.1, 0.15) is 34.8 Å². The molecule has 0 radical (unpaired) electrons. The Kier molecular flexibility index (Phi) is 6.74. The van der Waals surface area contributed by atoms with Crippen LogP contribution < -0.4 is 5.32 Å². The topological polar surface area (TPSA) is 75.6 Å². The molecule has 186 valence electrons. The Labute approximate surface area is 209 Å². The normalized spacial score (nSPS) is 23.6. The number of ether oxygens (including phenoxy) is 1. The molecule has 36 heavy (non-hydrogen) atoms. The van der Waals surface area contributed by atoms with Gasteiger partial charge >= 0.3 is 5.97 Å². The number of hydrogen-bond donors (Lipinski definition) is 2. The van der Waals surface area contributed by atoms with E-state index in [0.29, 0.717) is 11.0 Å². The fraction of sp³-hybridized carbons (Fsp3) is 0.310. The van der Waals surface area contributed by atoms with Gasteiger partial charge in [-0.25, -0.2) is 9.18 Å². The highest BCUT2D eigenvalue weighted by Gasteiger charge is 2.49. The van der Waals surface area contributed by atoms with Crippen LogP contribution in [0.15, 0.2) is 78.9 Å². The van der Waals surface area contributed by atoms with E-state index in [1.807, 2.05) is 60.7 Å². The van der Waals surface area contributed by atoms with E-state index in [-0.39, 0.29) is 41.6 Å². The van der Waals surface area contributed by atoms with Gasteiger partial charge in [-0.3, -0.25) is 4.79 Å². The average molecular weight is 490 g/mol. The molecule has 2 N–H and O–H groups in total. The van der Waals surface area contributed by atoms with Gasteiger partial charge in [0.25, 0.3) is 0 Å². The second-order valence-corrected chi connectivity index (χ2v) is 9.88. The summed E-state index contributed by atoms with van der Waals surface area (Å²) in [6.07, 6.45) is 1.43. The molecule has 3 aliphatic rings. The van der Waals surface area contributed by atoms with Crippen molar-refractivity contribution in [3.63, 3.8) is 0 Å². The van der Waals surface area contributed by atoms with E-state index < -0.39 is 11.9 Å². The average Bonchev–Trinajstić information content (AvgIpc) is 2.88. The Morgan fingerprint density at radius 2 is 1.67 bits per heavy atom. The maximum absolute atomic E-state index is 13.5. The summed E-state index contributed by atoms with van der Waals surface area (Å²) in [7, 11) is 0. The number of ketones is 1. The van der Waals surface area contributed by atoms with Gasteiger partial charge in [0.05, 0.1) is 18.7 Å². The van der Waals surface area contributed by atoms with Crippen LogP contribution in [0, 0.1) is 11.7 Å². The summed E-state index contributed by atoms with van der Waals surface area (Å²) in [6, 6.07) is 21.9. The quantitative estimate of drug-likeness (QED) is 0.272. The monoisotopic (exact) mass is 489 g/mol. The number of piperidine rings is 3. The largest absolute Gasteiger partial charge is 0.507 e. The SMILES string of the molecule is O=C(C[N+]12CCC(CC1)[C@@H](OC(=O)C(Nc1ccccc1)c1ccccc1)C2)c1ccc(F)cc1O. The number of phenols is 1. The first-order valence-electron chi connectivity index (χ1n) is 12.4. The fourth-order valence-corrected chi connectivity index (χ4v) is 5.55. The molecule has 0 spiro atoms. The van der Waals surface area contributed by atoms with Gasteiger partial charge in [0.2, 0.25) is 5.78 Å². The first-order chi connectivity index (χ1) is 17.4. The van der Waals surface area contributed by atoms with Gasteiger partial charge in [-0.15, -0.1) is 0 Å². The van der Waals surface area contributed by atoms with Crippen molar-refractivity contribution in [1.29, 1.82) is 0 Å². The number of quaternary nitrogens is 1. The molecule has 2 bridgehead atoms. The first-order valence-corrected chi connectivity index (χ1v) is 12.4. The van der Waals surface area contributed by atoms with E-state index in [2.05, 4.69) is 5.32 Å². The minimum Gasteiger partial charge on any atom is -0.507 e. The molecule has 1 unspecified atom stereocenters. The number of carbonyl (C=O) groups excluding carboxylic acids is 2. The van der Waals surface area contributed by atoms with Gasteiger partial charge in [-0.05, 0) is 29.8 Å². The highest BCUT2D eigenvalue weighted by Crippen LogP contribution is 2.37. The summed E-state index contributed by atoms with van der Waals surface area (Å²) in [5, 5.41) is 13.4. The van der Waals surface area contributed by atoms with Gasteiger partial charge in [-0.2, -0.15) is 0 Å². The number of halogens is 1. The van der Waals surface area contributed by atoms with Gasteiger partial charge in [0, 0.05) is 30.5 Å². The van der Waals surface area contributed by atoms with Crippen molar-refractivity contribution in [3.8, 4) is 5.75 Å². The van der Waals surface area contributed by atoms with Crippen LogP contribution in [0.25, 0.3) is 0 Å². The number of Topliss-reactive ketones (excluding diaryl/α,β-unsaturated/α-hetero) is 1. The van der Waals surface area contributed by atoms with Crippen LogP contribution in [-0.2, 0) is 9.53 Å². The Bertz CT molecular complexity index is 1230. The minimum absolute atomic E-state index is 0.126. The van der Waals surface area contributed by atoms with E-state index in [1.165, 1.54) is 12.1 Å². The number of anilines is 1. The van der Waals surface area contributed by atoms with E-state index in [0.717, 1.165) is 43.2 Å². The highest BCUT2D eigenvalue weighted by atomic mass is 19.1. The fourth-order valence-electron chi connectivity index (χ4n) is 5.55. The van der Waals surface area contributed by atoms with Gasteiger partial charge in [0.1, 0.15) is 24.7 Å². The predicted molar refractivity (Wildman–Crippen MR) is 134 cm³/mol. The second-order valence-electron chi connectivity index (χ2n) is 9.88. The molecular weight excluding hydrogens is 459 g/mol. The lowest BCUT2D eigenvalue weighted by Crippen LogP contribution is -2.65. The van der Waals surface area contributed by atoms with E-state index >= 15 is 0 Å². The number of phenolic OH excluding ortho intramolecular Hbond substituents is 1. The van der Waals surface area contributed by atoms with Crippen LogP contribution >= 0.6 is 0 Å². The van der Waals surface area contributed by atoms with Crippen molar-refractivity contribution >= 4 is 17.4 Å². The predicted octanol–water partition coefficient (Wildman–Crippen LogP) is 4.72. The van der Waals surface area contributed by atoms with E-state index in [1.54, 1.807) is 0 Å². The zero-order valence-electron chi connectivity index (χ0n) is 20.0. The van der Waals surface area contributed by atoms with Crippen LogP contribution in [0.2, 0.25) is 0 Å². The van der Waals surface area contributed by atoms with Crippen molar-refractivity contribution < 1.29 is 28.3 Å².